The summed E-state index contributed by atoms with van der Waals surface area (Å²) in [6.07, 6.45) is 2.88. The lowest BCUT2D eigenvalue weighted by Gasteiger charge is -2.27. The molecule has 1 atom stereocenters. The number of fused-ring (bicyclic) bond motifs is 5. The van der Waals surface area contributed by atoms with E-state index in [-0.39, 0.29) is 41.9 Å². The van der Waals surface area contributed by atoms with E-state index in [1.165, 1.54) is 6.07 Å². The molecule has 3 aromatic heterocycles. The molecule has 2 aliphatic rings. The highest BCUT2D eigenvalue weighted by molar-refractivity contribution is 6.04. The van der Waals surface area contributed by atoms with E-state index in [1.54, 1.807) is 4.90 Å². The molecule has 0 radical (unpaired) electrons. The van der Waals surface area contributed by atoms with E-state index in [0.29, 0.717) is 31.4 Å². The van der Waals surface area contributed by atoms with Gasteiger partial charge >= 0.3 is 5.56 Å². The highest BCUT2D eigenvalue weighted by Gasteiger charge is 2.34. The molecule has 0 saturated carbocycles. The van der Waals surface area contributed by atoms with Gasteiger partial charge in [0.05, 0.1) is 18.8 Å². The molecule has 3 aromatic rings. The number of rotatable bonds is 0. The van der Waals surface area contributed by atoms with Crippen LogP contribution < -0.4 is 26.2 Å². The minimum atomic E-state index is -0.794. The van der Waals surface area contributed by atoms with Crippen LogP contribution >= 0.6 is 0 Å². The predicted molar refractivity (Wildman–Crippen MR) is 108 cm³/mol. The number of H-pyrrole nitrogens is 1. The number of carbonyl (C=O) groups excluding carboxylic acids is 1. The molecule has 2 aliphatic heterocycles. The number of aromatic nitrogens is 4. The minimum Gasteiger partial charge on any atom is -0.500 e. The summed E-state index contributed by atoms with van der Waals surface area (Å²) in [6, 6.07) is 0.927. The van der Waals surface area contributed by atoms with Crippen LogP contribution in [0.5, 0.6) is 11.6 Å². The van der Waals surface area contributed by atoms with Crippen molar-refractivity contribution in [2.75, 3.05) is 30.3 Å². The third-order valence-electron chi connectivity index (χ3n) is 5.57. The summed E-state index contributed by atoms with van der Waals surface area (Å²) in [5.41, 5.74) is 5.67. The van der Waals surface area contributed by atoms with Crippen LogP contribution in [0.1, 0.15) is 41.2 Å². The maximum atomic E-state index is 14.1. The van der Waals surface area contributed by atoms with E-state index in [2.05, 4.69) is 20.4 Å². The summed E-state index contributed by atoms with van der Waals surface area (Å²) < 4.78 is 20.8. The van der Waals surface area contributed by atoms with Crippen molar-refractivity contribution in [3.63, 3.8) is 0 Å². The topological polar surface area (TPSA) is 151 Å². The fourth-order valence-corrected chi connectivity index (χ4v) is 4.17. The third-order valence-corrected chi connectivity index (χ3v) is 5.57. The summed E-state index contributed by atoms with van der Waals surface area (Å²) in [5, 5.41) is 15.9. The lowest BCUT2D eigenvalue weighted by molar-refractivity contribution is 0.0953. The molecule has 2 bridgehead atoms. The molecule has 1 fully saturated rings. The van der Waals surface area contributed by atoms with E-state index in [9.17, 15) is 19.1 Å². The van der Waals surface area contributed by atoms with E-state index < -0.39 is 29.1 Å². The summed E-state index contributed by atoms with van der Waals surface area (Å²) in [5.74, 6) is -1.40. The zero-order valence-corrected chi connectivity index (χ0v) is 16.4. The van der Waals surface area contributed by atoms with Gasteiger partial charge in [-0.2, -0.15) is 4.52 Å². The summed E-state index contributed by atoms with van der Waals surface area (Å²) in [7, 11) is 0. The van der Waals surface area contributed by atoms with Crippen molar-refractivity contribution in [3.8, 4) is 11.6 Å². The van der Waals surface area contributed by atoms with Crippen LogP contribution in [0.2, 0.25) is 0 Å². The monoisotopic (exact) mass is 429 g/mol. The third kappa shape index (κ3) is 3.02. The number of amides is 1. The second-order valence-corrected chi connectivity index (χ2v) is 7.51. The maximum Gasteiger partial charge on any atom is 0.317 e. The number of anilines is 2. The number of nitrogens with one attached hydrogen (secondary N) is 2. The summed E-state index contributed by atoms with van der Waals surface area (Å²) in [4.78, 5) is 35.7. The largest absolute Gasteiger partial charge is 0.500 e. The lowest BCUT2D eigenvalue weighted by atomic mass is 10.1. The lowest BCUT2D eigenvalue weighted by Crippen LogP contribution is -2.29. The molecule has 11 nitrogen and oxygen atoms in total. The molecule has 12 heteroatoms. The second-order valence-electron chi connectivity index (χ2n) is 7.51. The van der Waals surface area contributed by atoms with Crippen molar-refractivity contribution in [1.29, 1.82) is 0 Å². The van der Waals surface area contributed by atoms with Crippen LogP contribution in [-0.4, -0.2) is 50.3 Å². The number of aromatic amines is 1. The number of halogens is 1. The number of pyridine rings is 1. The first-order chi connectivity index (χ1) is 15.0. The van der Waals surface area contributed by atoms with Crippen LogP contribution in [0.3, 0.4) is 0 Å². The number of ether oxygens (including phenoxy) is 1. The molecular weight excluding hydrogens is 409 g/mol. The Balaban J connectivity index is 1.75. The molecular formula is C19H20FN7O4. The zero-order chi connectivity index (χ0) is 21.7. The van der Waals surface area contributed by atoms with Gasteiger partial charge in [-0.1, -0.05) is 0 Å². The van der Waals surface area contributed by atoms with Crippen LogP contribution in [0.4, 0.5) is 16.0 Å². The number of nitrogens with zero attached hydrogens (tertiary/aromatic N) is 4. The van der Waals surface area contributed by atoms with Crippen LogP contribution in [0, 0.1) is 5.82 Å². The van der Waals surface area contributed by atoms with Crippen molar-refractivity contribution in [2.24, 2.45) is 0 Å². The van der Waals surface area contributed by atoms with Gasteiger partial charge in [-0.3, -0.25) is 14.7 Å². The molecule has 1 saturated heterocycles. The molecule has 0 aliphatic carbocycles. The minimum absolute atomic E-state index is 0.00403. The van der Waals surface area contributed by atoms with Gasteiger partial charge in [0, 0.05) is 18.7 Å². The van der Waals surface area contributed by atoms with Gasteiger partial charge < -0.3 is 25.8 Å². The molecule has 0 spiro atoms. The van der Waals surface area contributed by atoms with Crippen molar-refractivity contribution in [1.82, 2.24) is 24.9 Å². The number of hydrogen-bond donors (Lipinski definition) is 4. The summed E-state index contributed by atoms with van der Waals surface area (Å²) >= 11 is 0. The Morgan fingerprint density at radius 3 is 3.00 bits per heavy atom. The number of aromatic hydroxyl groups is 1. The Morgan fingerprint density at radius 2 is 2.16 bits per heavy atom. The second kappa shape index (κ2) is 7.15. The van der Waals surface area contributed by atoms with E-state index in [4.69, 9.17) is 10.5 Å². The first-order valence-electron chi connectivity index (χ1n) is 9.92. The maximum absolute atomic E-state index is 14.1. The van der Waals surface area contributed by atoms with Crippen molar-refractivity contribution in [2.45, 2.75) is 25.3 Å². The molecule has 0 aromatic carbocycles. The normalized spacial score (nSPS) is 18.9. The molecule has 31 heavy (non-hydrogen) atoms. The SMILES string of the molecule is Nc1[nH]n2c(=O)c(O)c3nc2c1C(=O)NCCCOc1ncc(F)cc1C1CCCN31. The van der Waals surface area contributed by atoms with E-state index >= 15 is 0 Å². The van der Waals surface area contributed by atoms with E-state index in [0.717, 1.165) is 10.7 Å². The quantitative estimate of drug-likeness (QED) is 0.408. The van der Waals surface area contributed by atoms with Gasteiger partial charge in [-0.15, -0.1) is 0 Å². The van der Waals surface area contributed by atoms with Gasteiger partial charge in [-0.25, -0.2) is 14.4 Å². The van der Waals surface area contributed by atoms with E-state index in [1.807, 2.05) is 0 Å². The van der Waals surface area contributed by atoms with Crippen LogP contribution in [0.25, 0.3) is 5.65 Å². The first-order valence-corrected chi connectivity index (χ1v) is 9.92. The average Bonchev–Trinajstić information content (AvgIpc) is 3.35. The van der Waals surface area contributed by atoms with Crippen molar-refractivity contribution >= 4 is 23.2 Å². The highest BCUT2D eigenvalue weighted by atomic mass is 19.1. The highest BCUT2D eigenvalue weighted by Crippen LogP contribution is 2.41. The number of hydrogen-bond acceptors (Lipinski definition) is 8. The Kier molecular flexibility index (Phi) is 4.41. The molecule has 162 valence electrons. The Bertz CT molecular complexity index is 1250. The van der Waals surface area contributed by atoms with Crippen LogP contribution in [-0.2, 0) is 0 Å². The molecule has 5 heterocycles. The van der Waals surface area contributed by atoms with Gasteiger partial charge in [0.25, 0.3) is 5.91 Å². The average molecular weight is 429 g/mol. The van der Waals surface area contributed by atoms with Crippen LogP contribution in [0.15, 0.2) is 17.1 Å². The Morgan fingerprint density at radius 1 is 1.32 bits per heavy atom. The molecule has 1 amide bonds. The number of nitrogens with two attached hydrogens (primary N) is 1. The van der Waals surface area contributed by atoms with Gasteiger partial charge in [0.2, 0.25) is 11.6 Å². The zero-order valence-electron chi connectivity index (χ0n) is 16.4. The smallest absolute Gasteiger partial charge is 0.317 e. The van der Waals surface area contributed by atoms with Gasteiger partial charge in [-0.05, 0) is 25.3 Å². The Labute approximate surface area is 174 Å². The molecule has 1 unspecified atom stereocenters. The predicted octanol–water partition coefficient (Wildman–Crippen LogP) is 0.698. The Hall–Kier alpha value is -3.83. The summed E-state index contributed by atoms with van der Waals surface area (Å²) in [6.45, 7) is 0.986. The van der Waals surface area contributed by atoms with Crippen molar-refractivity contribution in [3.05, 3.63) is 39.6 Å². The number of nitrogen functional groups attached to an aromatic ring is 1. The molecule has 5 N–H and O–H groups in total. The molecule has 5 rings (SSSR count). The standard InChI is InChI=1S/C19H20FN7O4/c20-9-7-10-11-3-1-5-26(11)16-13(28)19(30)27-15(24-16)12(14(21)25-27)17(29)22-4-2-6-31-18(10)23-8-9/h7-8,11,25,28H,1-6,21H2,(H,22,29). The first kappa shape index (κ1) is 19.2. The number of carbonyl (C=O) groups is 1. The van der Waals surface area contributed by atoms with Gasteiger partial charge in [0.15, 0.2) is 11.5 Å². The van der Waals surface area contributed by atoms with Crippen molar-refractivity contribution < 1.29 is 19.0 Å². The fourth-order valence-electron chi connectivity index (χ4n) is 4.17. The van der Waals surface area contributed by atoms with Gasteiger partial charge in [0.1, 0.15) is 17.2 Å². The fraction of sp³-hybridized carbons (Fsp3) is 0.368.